The lowest BCUT2D eigenvalue weighted by Gasteiger charge is -2.39. The van der Waals surface area contributed by atoms with E-state index >= 15 is 0 Å². The number of hydrogen-bond acceptors (Lipinski definition) is 4. The van der Waals surface area contributed by atoms with Crippen LogP contribution in [0.2, 0.25) is 0 Å². The van der Waals surface area contributed by atoms with Crippen LogP contribution in [0.1, 0.15) is 41.6 Å². The monoisotopic (exact) mass is 317 g/mol. The number of aromatic amines is 1. The van der Waals surface area contributed by atoms with Crippen LogP contribution < -0.4 is 0 Å². The third kappa shape index (κ3) is 3.14. The van der Waals surface area contributed by atoms with Crippen molar-refractivity contribution in [3.63, 3.8) is 0 Å². The zero-order valence-corrected chi connectivity index (χ0v) is 13.6. The minimum absolute atomic E-state index is 0.0146. The SMILES string of the molecule is CCc1[nH]ccc1C(=O)N1CCCC(O)(Cc2nncn2C)C1. The van der Waals surface area contributed by atoms with Gasteiger partial charge >= 0.3 is 0 Å². The van der Waals surface area contributed by atoms with Crippen molar-refractivity contribution < 1.29 is 9.90 Å². The summed E-state index contributed by atoms with van der Waals surface area (Å²) in [6.45, 7) is 3.02. The molecule has 0 aliphatic carbocycles. The Kier molecular flexibility index (Phi) is 4.21. The first-order valence-electron chi connectivity index (χ1n) is 8.03. The van der Waals surface area contributed by atoms with Gasteiger partial charge in [-0.1, -0.05) is 6.92 Å². The van der Waals surface area contributed by atoms with E-state index in [1.807, 2.05) is 20.0 Å². The van der Waals surface area contributed by atoms with Crippen molar-refractivity contribution in [2.24, 2.45) is 7.05 Å². The molecule has 1 aliphatic heterocycles. The molecule has 7 nitrogen and oxygen atoms in total. The fraction of sp³-hybridized carbons (Fsp3) is 0.562. The van der Waals surface area contributed by atoms with Gasteiger partial charge in [0.15, 0.2) is 0 Å². The Labute approximate surface area is 135 Å². The van der Waals surface area contributed by atoms with Crippen molar-refractivity contribution in [1.29, 1.82) is 0 Å². The topological polar surface area (TPSA) is 87.0 Å². The number of nitrogens with zero attached hydrogens (tertiary/aromatic N) is 4. The van der Waals surface area contributed by atoms with Gasteiger partial charge in [0.25, 0.3) is 5.91 Å². The number of aryl methyl sites for hydroxylation is 2. The number of nitrogens with one attached hydrogen (secondary N) is 1. The molecule has 2 N–H and O–H groups in total. The predicted molar refractivity (Wildman–Crippen MR) is 85.0 cm³/mol. The standard InChI is InChI=1S/C16H23N5O2/c1-3-13-12(5-7-17-13)15(22)21-8-4-6-16(23,10-21)9-14-19-18-11-20(14)2/h5,7,11,17,23H,3-4,6,8-10H2,1-2H3. The number of carbonyl (C=O) groups excluding carboxylic acids is 1. The molecule has 3 heterocycles. The highest BCUT2D eigenvalue weighted by atomic mass is 16.3. The van der Waals surface area contributed by atoms with Crippen molar-refractivity contribution in [2.45, 2.75) is 38.2 Å². The van der Waals surface area contributed by atoms with Crippen LogP contribution in [0.4, 0.5) is 0 Å². The van der Waals surface area contributed by atoms with Gasteiger partial charge < -0.3 is 19.6 Å². The molecule has 3 rings (SSSR count). The Morgan fingerprint density at radius 1 is 1.52 bits per heavy atom. The van der Waals surface area contributed by atoms with E-state index < -0.39 is 5.60 Å². The third-order valence-electron chi connectivity index (χ3n) is 4.55. The Hall–Kier alpha value is -2.15. The van der Waals surface area contributed by atoms with Gasteiger partial charge in [-0.15, -0.1) is 10.2 Å². The summed E-state index contributed by atoms with van der Waals surface area (Å²) in [5, 5.41) is 18.8. The van der Waals surface area contributed by atoms with Crippen LogP contribution in [-0.2, 0) is 19.9 Å². The Balaban J connectivity index is 1.75. The maximum absolute atomic E-state index is 12.8. The highest BCUT2D eigenvalue weighted by molar-refractivity contribution is 5.95. The maximum Gasteiger partial charge on any atom is 0.255 e. The second-order valence-electron chi connectivity index (χ2n) is 6.31. The second-order valence-corrected chi connectivity index (χ2v) is 6.31. The smallest absolute Gasteiger partial charge is 0.255 e. The molecule has 1 fully saturated rings. The molecule has 0 radical (unpaired) electrons. The molecule has 7 heteroatoms. The van der Waals surface area contributed by atoms with E-state index in [0.717, 1.165) is 24.4 Å². The Bertz CT molecular complexity index is 692. The van der Waals surface area contributed by atoms with E-state index in [-0.39, 0.29) is 5.91 Å². The zero-order chi connectivity index (χ0) is 16.4. The zero-order valence-electron chi connectivity index (χ0n) is 13.6. The van der Waals surface area contributed by atoms with Crippen LogP contribution in [-0.4, -0.2) is 54.4 Å². The van der Waals surface area contributed by atoms with Crippen LogP contribution in [0.3, 0.4) is 0 Å². The summed E-state index contributed by atoms with van der Waals surface area (Å²) in [5.41, 5.74) is 0.699. The molecule has 0 aromatic carbocycles. The summed E-state index contributed by atoms with van der Waals surface area (Å²) < 4.78 is 1.81. The van der Waals surface area contributed by atoms with Crippen molar-refractivity contribution in [1.82, 2.24) is 24.6 Å². The minimum atomic E-state index is -0.947. The molecule has 0 saturated carbocycles. The summed E-state index contributed by atoms with van der Waals surface area (Å²) >= 11 is 0. The van der Waals surface area contributed by atoms with E-state index in [2.05, 4.69) is 15.2 Å². The van der Waals surface area contributed by atoms with Gasteiger partial charge in [-0.3, -0.25) is 4.79 Å². The number of carbonyl (C=O) groups is 1. The van der Waals surface area contributed by atoms with Gasteiger partial charge in [0.2, 0.25) is 0 Å². The number of aliphatic hydroxyl groups is 1. The molecule has 1 atom stereocenters. The van der Waals surface area contributed by atoms with Crippen LogP contribution in [0.15, 0.2) is 18.6 Å². The van der Waals surface area contributed by atoms with E-state index in [4.69, 9.17) is 0 Å². The number of β-amino-alcohol motifs (C(OH)–C–C–N with tert-alkyl or cyclic N) is 1. The van der Waals surface area contributed by atoms with Gasteiger partial charge in [0, 0.05) is 31.9 Å². The fourth-order valence-corrected chi connectivity index (χ4v) is 3.26. The first kappa shape index (κ1) is 15.7. The largest absolute Gasteiger partial charge is 0.388 e. The average Bonchev–Trinajstić information content (AvgIpc) is 3.15. The van der Waals surface area contributed by atoms with Crippen molar-refractivity contribution >= 4 is 5.91 Å². The first-order valence-corrected chi connectivity index (χ1v) is 8.03. The Morgan fingerprint density at radius 3 is 3.04 bits per heavy atom. The number of aromatic nitrogens is 4. The molecule has 0 spiro atoms. The van der Waals surface area contributed by atoms with Crippen molar-refractivity contribution in [3.05, 3.63) is 35.7 Å². The molecule has 1 aliphatic rings. The lowest BCUT2D eigenvalue weighted by molar-refractivity contribution is -0.0258. The van der Waals surface area contributed by atoms with Crippen molar-refractivity contribution in [3.8, 4) is 0 Å². The maximum atomic E-state index is 12.8. The number of likely N-dealkylation sites (tertiary alicyclic amines) is 1. The Morgan fingerprint density at radius 2 is 2.35 bits per heavy atom. The quantitative estimate of drug-likeness (QED) is 0.878. The minimum Gasteiger partial charge on any atom is -0.388 e. The molecule has 2 aromatic heterocycles. The van der Waals surface area contributed by atoms with Gasteiger partial charge in [0.05, 0.1) is 17.7 Å². The summed E-state index contributed by atoms with van der Waals surface area (Å²) in [7, 11) is 1.86. The molecular weight excluding hydrogens is 294 g/mol. The molecular formula is C16H23N5O2. The first-order chi connectivity index (χ1) is 11.0. The summed E-state index contributed by atoms with van der Waals surface area (Å²) in [4.78, 5) is 17.6. The molecule has 0 bridgehead atoms. The average molecular weight is 317 g/mol. The lowest BCUT2D eigenvalue weighted by atomic mass is 9.89. The van der Waals surface area contributed by atoms with Crippen LogP contribution in [0.5, 0.6) is 0 Å². The summed E-state index contributed by atoms with van der Waals surface area (Å²) in [5.74, 6) is 0.719. The third-order valence-corrected chi connectivity index (χ3v) is 4.55. The highest BCUT2D eigenvalue weighted by Gasteiger charge is 2.37. The van der Waals surface area contributed by atoms with Gasteiger partial charge in [-0.2, -0.15) is 0 Å². The molecule has 1 amide bonds. The molecule has 1 unspecified atom stereocenters. The number of H-pyrrole nitrogens is 1. The van der Waals surface area contributed by atoms with E-state index in [9.17, 15) is 9.90 Å². The molecule has 2 aromatic rings. The van der Waals surface area contributed by atoms with Crippen LogP contribution in [0, 0.1) is 0 Å². The van der Waals surface area contributed by atoms with Crippen molar-refractivity contribution in [2.75, 3.05) is 13.1 Å². The van der Waals surface area contributed by atoms with E-state index in [0.29, 0.717) is 31.5 Å². The van der Waals surface area contributed by atoms with Crippen LogP contribution in [0.25, 0.3) is 0 Å². The lowest BCUT2D eigenvalue weighted by Crippen LogP contribution is -2.51. The van der Waals surface area contributed by atoms with E-state index in [1.165, 1.54) is 0 Å². The number of piperidine rings is 1. The molecule has 124 valence electrons. The van der Waals surface area contributed by atoms with Gasteiger partial charge in [0.1, 0.15) is 12.2 Å². The molecule has 23 heavy (non-hydrogen) atoms. The van der Waals surface area contributed by atoms with E-state index in [1.54, 1.807) is 22.0 Å². The number of hydrogen-bond donors (Lipinski definition) is 2. The number of amides is 1. The second kappa shape index (κ2) is 6.16. The van der Waals surface area contributed by atoms with Gasteiger partial charge in [-0.05, 0) is 25.3 Å². The fourth-order valence-electron chi connectivity index (χ4n) is 3.26. The normalized spacial score (nSPS) is 21.6. The van der Waals surface area contributed by atoms with Gasteiger partial charge in [-0.25, -0.2) is 0 Å². The number of rotatable bonds is 4. The molecule has 1 saturated heterocycles. The highest BCUT2D eigenvalue weighted by Crippen LogP contribution is 2.26. The van der Waals surface area contributed by atoms with Crippen LogP contribution >= 0.6 is 0 Å². The summed E-state index contributed by atoms with van der Waals surface area (Å²) in [6.07, 6.45) is 6.05. The summed E-state index contributed by atoms with van der Waals surface area (Å²) in [6, 6.07) is 1.82. The predicted octanol–water partition coefficient (Wildman–Crippen LogP) is 0.915.